The second-order valence-electron chi connectivity index (χ2n) is 6.10. The summed E-state index contributed by atoms with van der Waals surface area (Å²) in [6.07, 6.45) is 3.45. The number of aromatic nitrogens is 2. The van der Waals surface area contributed by atoms with Gasteiger partial charge in [0.15, 0.2) is 5.16 Å². The number of nitrogen functional groups attached to an aromatic ring is 1. The van der Waals surface area contributed by atoms with E-state index in [0.717, 1.165) is 18.5 Å². The molecule has 2 aromatic rings. The van der Waals surface area contributed by atoms with Crippen molar-refractivity contribution in [2.24, 2.45) is 0 Å². The molecule has 3 rings (SSSR count). The standard InChI is InChI=1S/C18H22N4OS/c1-12-9-16(19)22-18(21-12)24-11-17(23)20-10-14-7-4-6-13-5-2-3-8-15(13)14/h2-3,5,8-9,14H,4,6-7,10-11H2,1H3,(H,20,23)(H2,19,21,22)/t14-/m1/s1. The number of hydrogen-bond donors (Lipinski definition) is 2. The Bertz CT molecular complexity index is 714. The Labute approximate surface area is 146 Å². The Balaban J connectivity index is 1.51. The molecule has 6 heteroatoms. The number of nitrogens with one attached hydrogen (secondary N) is 1. The molecule has 1 aliphatic rings. The lowest BCUT2D eigenvalue weighted by molar-refractivity contribution is -0.118. The van der Waals surface area contributed by atoms with Crippen molar-refractivity contribution in [3.05, 3.63) is 47.2 Å². The molecular weight excluding hydrogens is 320 g/mol. The Morgan fingerprint density at radius 3 is 3.04 bits per heavy atom. The zero-order valence-electron chi connectivity index (χ0n) is 13.8. The van der Waals surface area contributed by atoms with E-state index in [1.54, 1.807) is 6.07 Å². The predicted molar refractivity (Wildman–Crippen MR) is 97.0 cm³/mol. The van der Waals surface area contributed by atoms with Crippen LogP contribution in [0.3, 0.4) is 0 Å². The average molecular weight is 342 g/mol. The van der Waals surface area contributed by atoms with Gasteiger partial charge in [-0.05, 0) is 37.3 Å². The summed E-state index contributed by atoms with van der Waals surface area (Å²) in [4.78, 5) is 20.5. The van der Waals surface area contributed by atoms with Gasteiger partial charge in [-0.3, -0.25) is 4.79 Å². The van der Waals surface area contributed by atoms with Gasteiger partial charge >= 0.3 is 0 Å². The summed E-state index contributed by atoms with van der Waals surface area (Å²) in [5.74, 6) is 1.16. The lowest BCUT2D eigenvalue weighted by Gasteiger charge is -2.25. The fourth-order valence-electron chi connectivity index (χ4n) is 3.11. The summed E-state index contributed by atoms with van der Waals surface area (Å²) >= 11 is 1.31. The van der Waals surface area contributed by atoms with Gasteiger partial charge in [0, 0.05) is 24.2 Å². The minimum atomic E-state index is 0.00623. The first kappa shape index (κ1) is 16.8. The number of fused-ring (bicyclic) bond motifs is 1. The highest BCUT2D eigenvalue weighted by molar-refractivity contribution is 7.99. The topological polar surface area (TPSA) is 80.9 Å². The molecule has 126 valence electrons. The first-order valence-electron chi connectivity index (χ1n) is 8.20. The van der Waals surface area contributed by atoms with Crippen molar-refractivity contribution in [1.29, 1.82) is 0 Å². The Kier molecular flexibility index (Phi) is 5.35. The lowest BCUT2D eigenvalue weighted by atomic mass is 9.83. The largest absolute Gasteiger partial charge is 0.384 e. The van der Waals surface area contributed by atoms with E-state index in [1.165, 1.54) is 29.3 Å². The maximum Gasteiger partial charge on any atom is 0.230 e. The number of anilines is 1. The summed E-state index contributed by atoms with van der Waals surface area (Å²) in [7, 11) is 0. The van der Waals surface area contributed by atoms with Crippen LogP contribution >= 0.6 is 11.8 Å². The fraction of sp³-hybridized carbons (Fsp3) is 0.389. The van der Waals surface area contributed by atoms with E-state index in [4.69, 9.17) is 5.73 Å². The van der Waals surface area contributed by atoms with Crippen molar-refractivity contribution in [3.63, 3.8) is 0 Å². The molecule has 1 amide bonds. The van der Waals surface area contributed by atoms with E-state index in [9.17, 15) is 4.79 Å². The number of nitrogens with zero attached hydrogens (tertiary/aromatic N) is 2. The molecule has 0 saturated carbocycles. The molecule has 3 N–H and O–H groups in total. The van der Waals surface area contributed by atoms with Crippen LogP contribution < -0.4 is 11.1 Å². The van der Waals surface area contributed by atoms with Crippen molar-refractivity contribution < 1.29 is 4.79 Å². The normalized spacial score (nSPS) is 16.5. The Morgan fingerprint density at radius 1 is 1.38 bits per heavy atom. The highest BCUT2D eigenvalue weighted by Gasteiger charge is 2.20. The molecule has 5 nitrogen and oxygen atoms in total. The molecule has 1 atom stereocenters. The number of carbonyl (C=O) groups excluding carboxylic acids is 1. The molecule has 0 fully saturated rings. The second kappa shape index (κ2) is 7.66. The molecule has 1 aliphatic carbocycles. The van der Waals surface area contributed by atoms with E-state index in [2.05, 4.69) is 39.6 Å². The molecule has 0 saturated heterocycles. The zero-order valence-corrected chi connectivity index (χ0v) is 14.6. The molecule has 0 aliphatic heterocycles. The smallest absolute Gasteiger partial charge is 0.230 e. The van der Waals surface area contributed by atoms with Gasteiger partial charge in [0.25, 0.3) is 0 Å². The fourth-order valence-corrected chi connectivity index (χ4v) is 3.85. The van der Waals surface area contributed by atoms with Crippen molar-refractivity contribution >= 4 is 23.5 Å². The molecule has 0 unspecified atom stereocenters. The third kappa shape index (κ3) is 4.26. The number of carbonyl (C=O) groups is 1. The van der Waals surface area contributed by atoms with Crippen LogP contribution in [-0.4, -0.2) is 28.2 Å². The van der Waals surface area contributed by atoms with Gasteiger partial charge < -0.3 is 11.1 Å². The number of hydrogen-bond acceptors (Lipinski definition) is 5. The minimum absolute atomic E-state index is 0.00623. The van der Waals surface area contributed by atoms with E-state index in [-0.39, 0.29) is 5.91 Å². The molecule has 24 heavy (non-hydrogen) atoms. The third-order valence-corrected chi connectivity index (χ3v) is 5.07. The van der Waals surface area contributed by atoms with Crippen LogP contribution in [0.25, 0.3) is 0 Å². The first-order chi connectivity index (χ1) is 11.6. The van der Waals surface area contributed by atoms with Crippen molar-refractivity contribution in [1.82, 2.24) is 15.3 Å². The van der Waals surface area contributed by atoms with Crippen LogP contribution in [0.1, 0.15) is 35.6 Å². The Hall–Kier alpha value is -2.08. The van der Waals surface area contributed by atoms with Crippen LogP contribution in [0.4, 0.5) is 5.82 Å². The SMILES string of the molecule is Cc1cc(N)nc(SCC(=O)NC[C@H]2CCCc3ccccc32)n1. The molecule has 1 heterocycles. The summed E-state index contributed by atoms with van der Waals surface area (Å²) in [6.45, 7) is 2.55. The number of aryl methyl sites for hydroxylation is 2. The van der Waals surface area contributed by atoms with E-state index >= 15 is 0 Å². The van der Waals surface area contributed by atoms with E-state index in [1.807, 2.05) is 6.92 Å². The molecule has 1 aromatic carbocycles. The van der Waals surface area contributed by atoms with Crippen LogP contribution in [0.2, 0.25) is 0 Å². The number of rotatable bonds is 5. The van der Waals surface area contributed by atoms with Gasteiger partial charge in [0.05, 0.1) is 5.75 Å². The molecular formula is C18H22N4OS. The Morgan fingerprint density at radius 2 is 2.21 bits per heavy atom. The van der Waals surface area contributed by atoms with Crippen molar-refractivity contribution in [3.8, 4) is 0 Å². The number of thioether (sulfide) groups is 1. The summed E-state index contributed by atoms with van der Waals surface area (Å²) in [6, 6.07) is 10.3. The zero-order chi connectivity index (χ0) is 16.9. The van der Waals surface area contributed by atoms with E-state index < -0.39 is 0 Å². The number of benzene rings is 1. The molecule has 0 bridgehead atoms. The first-order valence-corrected chi connectivity index (χ1v) is 9.19. The van der Waals surface area contributed by atoms with Gasteiger partial charge in [0.2, 0.25) is 5.91 Å². The molecule has 1 aromatic heterocycles. The number of amides is 1. The number of nitrogens with two attached hydrogens (primary N) is 1. The van der Waals surface area contributed by atoms with Gasteiger partial charge in [-0.2, -0.15) is 0 Å². The highest BCUT2D eigenvalue weighted by Crippen LogP contribution is 2.30. The van der Waals surface area contributed by atoms with Crippen LogP contribution in [0.5, 0.6) is 0 Å². The molecule has 0 spiro atoms. The predicted octanol–water partition coefficient (Wildman–Crippen LogP) is 2.70. The maximum atomic E-state index is 12.1. The minimum Gasteiger partial charge on any atom is -0.384 e. The van der Waals surface area contributed by atoms with Crippen LogP contribution in [0.15, 0.2) is 35.5 Å². The second-order valence-corrected chi connectivity index (χ2v) is 7.04. The summed E-state index contributed by atoms with van der Waals surface area (Å²) < 4.78 is 0. The van der Waals surface area contributed by atoms with Gasteiger partial charge in [-0.1, -0.05) is 36.0 Å². The third-order valence-electron chi connectivity index (χ3n) is 4.23. The van der Waals surface area contributed by atoms with Crippen LogP contribution in [0, 0.1) is 6.92 Å². The van der Waals surface area contributed by atoms with Gasteiger partial charge in [-0.25, -0.2) is 9.97 Å². The maximum absolute atomic E-state index is 12.1. The average Bonchev–Trinajstić information content (AvgIpc) is 2.57. The monoisotopic (exact) mass is 342 g/mol. The van der Waals surface area contributed by atoms with E-state index in [0.29, 0.717) is 29.2 Å². The summed E-state index contributed by atoms with van der Waals surface area (Å²) in [5.41, 5.74) is 9.31. The highest BCUT2D eigenvalue weighted by atomic mass is 32.2. The van der Waals surface area contributed by atoms with Crippen molar-refractivity contribution in [2.75, 3.05) is 18.0 Å². The van der Waals surface area contributed by atoms with Gasteiger partial charge in [-0.15, -0.1) is 0 Å². The molecule has 0 radical (unpaired) electrons. The lowest BCUT2D eigenvalue weighted by Crippen LogP contribution is -2.31. The van der Waals surface area contributed by atoms with Gasteiger partial charge in [0.1, 0.15) is 5.82 Å². The quantitative estimate of drug-likeness (QED) is 0.645. The summed E-state index contributed by atoms with van der Waals surface area (Å²) in [5, 5.41) is 3.59. The van der Waals surface area contributed by atoms with Crippen LogP contribution in [-0.2, 0) is 11.2 Å². The van der Waals surface area contributed by atoms with Crippen molar-refractivity contribution in [2.45, 2.75) is 37.3 Å².